The van der Waals surface area contributed by atoms with E-state index in [-0.39, 0.29) is 11.5 Å². The van der Waals surface area contributed by atoms with Gasteiger partial charge in [0.05, 0.1) is 14.2 Å². The van der Waals surface area contributed by atoms with Gasteiger partial charge in [-0.15, -0.1) is 0 Å². The van der Waals surface area contributed by atoms with Crippen LogP contribution < -0.4 is 15.2 Å². The van der Waals surface area contributed by atoms with Gasteiger partial charge in [-0.3, -0.25) is 0 Å². The monoisotopic (exact) mass is 277 g/mol. The van der Waals surface area contributed by atoms with Crippen LogP contribution in [0.3, 0.4) is 0 Å². The molecule has 1 fully saturated rings. The van der Waals surface area contributed by atoms with Crippen LogP contribution in [-0.4, -0.2) is 20.3 Å². The summed E-state index contributed by atoms with van der Waals surface area (Å²) in [5.74, 6) is 2.21. The van der Waals surface area contributed by atoms with Crippen molar-refractivity contribution in [2.45, 2.75) is 51.0 Å². The number of methoxy groups -OCH3 is 2. The van der Waals surface area contributed by atoms with Crippen molar-refractivity contribution < 1.29 is 9.47 Å². The molecule has 0 radical (unpaired) electrons. The molecule has 0 amide bonds. The summed E-state index contributed by atoms with van der Waals surface area (Å²) in [6.45, 7) is 4.47. The first kappa shape index (κ1) is 15.2. The number of nitrogens with two attached hydrogens (primary N) is 1. The second-order valence-corrected chi connectivity index (χ2v) is 6.32. The molecule has 0 saturated heterocycles. The zero-order chi connectivity index (χ0) is 14.8. The van der Waals surface area contributed by atoms with Gasteiger partial charge in [-0.2, -0.15) is 0 Å². The lowest BCUT2D eigenvalue weighted by atomic mass is 9.59. The van der Waals surface area contributed by atoms with Gasteiger partial charge >= 0.3 is 0 Å². The van der Waals surface area contributed by atoms with Crippen molar-refractivity contribution in [3.05, 3.63) is 23.8 Å². The fourth-order valence-corrected chi connectivity index (χ4v) is 3.31. The Morgan fingerprint density at radius 3 is 2.25 bits per heavy atom. The molecule has 3 nitrogen and oxygen atoms in total. The fourth-order valence-electron chi connectivity index (χ4n) is 3.31. The minimum absolute atomic E-state index is 0.129. The third-order valence-electron chi connectivity index (χ3n) is 4.64. The van der Waals surface area contributed by atoms with Gasteiger partial charge in [-0.05, 0) is 42.9 Å². The van der Waals surface area contributed by atoms with Crippen LogP contribution in [0.2, 0.25) is 0 Å². The smallest absolute Gasteiger partial charge is 0.161 e. The van der Waals surface area contributed by atoms with Crippen molar-refractivity contribution in [1.82, 2.24) is 0 Å². The number of benzene rings is 1. The van der Waals surface area contributed by atoms with Crippen molar-refractivity contribution in [3.63, 3.8) is 0 Å². The number of rotatable bonds is 6. The molecule has 1 unspecified atom stereocenters. The van der Waals surface area contributed by atoms with E-state index in [9.17, 15) is 0 Å². The molecule has 0 aromatic heterocycles. The second-order valence-electron chi connectivity index (χ2n) is 6.32. The Morgan fingerprint density at radius 2 is 1.80 bits per heavy atom. The van der Waals surface area contributed by atoms with Crippen molar-refractivity contribution in [3.8, 4) is 11.5 Å². The Kier molecular flexibility index (Phi) is 4.59. The predicted octanol–water partition coefficient (Wildman–Crippen LogP) is 3.50. The highest BCUT2D eigenvalue weighted by atomic mass is 16.5. The number of ether oxygens (including phenoxy) is 2. The van der Waals surface area contributed by atoms with Gasteiger partial charge in [0.25, 0.3) is 0 Å². The Morgan fingerprint density at radius 1 is 1.15 bits per heavy atom. The van der Waals surface area contributed by atoms with Crippen LogP contribution in [0.15, 0.2) is 18.2 Å². The lowest BCUT2D eigenvalue weighted by molar-refractivity contribution is 0.177. The Labute approximate surface area is 122 Å². The van der Waals surface area contributed by atoms with Crippen molar-refractivity contribution in [2.24, 2.45) is 11.7 Å². The molecule has 112 valence electrons. The fraction of sp³-hybridized carbons (Fsp3) is 0.647. The van der Waals surface area contributed by atoms with Crippen LogP contribution in [-0.2, 0) is 5.41 Å². The highest BCUT2D eigenvalue weighted by Crippen LogP contribution is 2.48. The molecule has 1 aliphatic carbocycles. The zero-order valence-corrected chi connectivity index (χ0v) is 13.1. The maximum Gasteiger partial charge on any atom is 0.161 e. The summed E-state index contributed by atoms with van der Waals surface area (Å²) in [4.78, 5) is 0. The minimum atomic E-state index is 0.129. The molecule has 1 saturated carbocycles. The zero-order valence-electron chi connectivity index (χ0n) is 13.1. The lowest BCUT2D eigenvalue weighted by Crippen LogP contribution is -2.50. The van der Waals surface area contributed by atoms with Crippen molar-refractivity contribution in [2.75, 3.05) is 14.2 Å². The van der Waals surface area contributed by atoms with Gasteiger partial charge in [0.2, 0.25) is 0 Å². The molecule has 20 heavy (non-hydrogen) atoms. The number of hydrogen-bond acceptors (Lipinski definition) is 3. The van der Waals surface area contributed by atoms with E-state index in [0.29, 0.717) is 5.92 Å². The summed E-state index contributed by atoms with van der Waals surface area (Å²) in [7, 11) is 3.35. The molecule has 0 bridgehead atoms. The molecule has 3 heteroatoms. The summed E-state index contributed by atoms with van der Waals surface area (Å²) in [5.41, 5.74) is 7.97. The van der Waals surface area contributed by atoms with E-state index in [4.69, 9.17) is 15.2 Å². The summed E-state index contributed by atoms with van der Waals surface area (Å²) < 4.78 is 10.8. The standard InChI is InChI=1S/C17H27NO2/c1-12(2)10-16(18)17(8-5-9-17)13-6-7-14(19-3)15(11-13)20-4/h6-7,11-12,16H,5,8-10,18H2,1-4H3. The predicted molar refractivity (Wildman–Crippen MR) is 82.5 cm³/mol. The normalized spacial score (nSPS) is 18.5. The molecular formula is C17H27NO2. The molecule has 0 heterocycles. The Hall–Kier alpha value is -1.22. The van der Waals surface area contributed by atoms with Crippen molar-refractivity contribution in [1.29, 1.82) is 0 Å². The molecule has 2 N–H and O–H groups in total. The summed E-state index contributed by atoms with van der Waals surface area (Å²) in [6, 6.07) is 6.48. The maximum atomic E-state index is 6.54. The van der Waals surface area contributed by atoms with Crippen LogP contribution in [0.25, 0.3) is 0 Å². The van der Waals surface area contributed by atoms with Crippen LogP contribution in [0, 0.1) is 5.92 Å². The highest BCUT2D eigenvalue weighted by Gasteiger charge is 2.44. The van der Waals surface area contributed by atoms with Gasteiger partial charge in [0.1, 0.15) is 0 Å². The molecule has 1 aromatic rings. The summed E-state index contributed by atoms with van der Waals surface area (Å²) >= 11 is 0. The van der Waals surface area contributed by atoms with Gasteiger partial charge in [0, 0.05) is 11.5 Å². The largest absolute Gasteiger partial charge is 0.493 e. The first-order valence-corrected chi connectivity index (χ1v) is 7.51. The third kappa shape index (κ3) is 2.64. The first-order valence-electron chi connectivity index (χ1n) is 7.51. The summed E-state index contributed by atoms with van der Waals surface area (Å²) in [6.07, 6.45) is 4.68. The van der Waals surface area contributed by atoms with Crippen LogP contribution in [0.4, 0.5) is 0 Å². The van der Waals surface area contributed by atoms with Crippen LogP contribution in [0.5, 0.6) is 11.5 Å². The minimum Gasteiger partial charge on any atom is -0.493 e. The van der Waals surface area contributed by atoms with Crippen LogP contribution >= 0.6 is 0 Å². The Balaban J connectivity index is 2.31. The van der Waals surface area contributed by atoms with Gasteiger partial charge < -0.3 is 15.2 Å². The number of hydrogen-bond donors (Lipinski definition) is 1. The quantitative estimate of drug-likeness (QED) is 0.865. The van der Waals surface area contributed by atoms with Crippen LogP contribution in [0.1, 0.15) is 45.1 Å². The van der Waals surface area contributed by atoms with E-state index in [1.807, 2.05) is 6.07 Å². The summed E-state index contributed by atoms with van der Waals surface area (Å²) in [5, 5.41) is 0. The van der Waals surface area contributed by atoms with Crippen molar-refractivity contribution >= 4 is 0 Å². The first-order chi connectivity index (χ1) is 9.53. The molecule has 0 spiro atoms. The molecular weight excluding hydrogens is 250 g/mol. The van der Waals surface area contributed by atoms with Gasteiger partial charge in [-0.1, -0.05) is 26.3 Å². The lowest BCUT2D eigenvalue weighted by Gasteiger charge is -2.47. The topological polar surface area (TPSA) is 44.5 Å². The van der Waals surface area contributed by atoms with E-state index in [1.165, 1.54) is 24.8 Å². The van der Waals surface area contributed by atoms with E-state index in [0.717, 1.165) is 17.9 Å². The third-order valence-corrected chi connectivity index (χ3v) is 4.64. The average Bonchev–Trinajstić information content (AvgIpc) is 2.36. The van der Waals surface area contributed by atoms with E-state index >= 15 is 0 Å². The Bertz CT molecular complexity index is 452. The van der Waals surface area contributed by atoms with E-state index in [1.54, 1.807) is 14.2 Å². The highest BCUT2D eigenvalue weighted by molar-refractivity contribution is 5.46. The average molecular weight is 277 g/mol. The molecule has 1 atom stereocenters. The second kappa shape index (κ2) is 6.04. The molecule has 1 aromatic carbocycles. The van der Waals surface area contributed by atoms with E-state index < -0.39 is 0 Å². The molecule has 2 rings (SSSR count). The molecule has 1 aliphatic rings. The van der Waals surface area contributed by atoms with Gasteiger partial charge in [-0.25, -0.2) is 0 Å². The maximum absolute atomic E-state index is 6.54. The van der Waals surface area contributed by atoms with E-state index in [2.05, 4.69) is 26.0 Å². The van der Waals surface area contributed by atoms with Gasteiger partial charge in [0.15, 0.2) is 11.5 Å². The SMILES string of the molecule is COc1ccc(C2(C(N)CC(C)C)CCC2)cc1OC. The molecule has 0 aliphatic heterocycles.